The molecule has 0 bridgehead atoms. The molecule has 0 saturated carbocycles. The lowest BCUT2D eigenvalue weighted by atomic mass is 10.0. The van der Waals surface area contributed by atoms with E-state index in [2.05, 4.69) is 26.0 Å². The fourth-order valence-corrected chi connectivity index (χ4v) is 2.78. The van der Waals surface area contributed by atoms with E-state index in [0.29, 0.717) is 23.1 Å². The molecule has 22 heavy (non-hydrogen) atoms. The molecule has 1 saturated heterocycles. The second kappa shape index (κ2) is 8.35. The van der Waals surface area contributed by atoms with Crippen molar-refractivity contribution in [3.63, 3.8) is 0 Å². The van der Waals surface area contributed by atoms with Gasteiger partial charge in [-0.3, -0.25) is 4.90 Å². The van der Waals surface area contributed by atoms with E-state index < -0.39 is 12.4 Å². The predicted molar refractivity (Wildman–Crippen MR) is 82.3 cm³/mol. The quantitative estimate of drug-likeness (QED) is 0.808. The van der Waals surface area contributed by atoms with Gasteiger partial charge in [-0.15, -0.1) is 25.6 Å². The first-order valence-electron chi connectivity index (χ1n) is 6.51. The number of alkyl halides is 3. The van der Waals surface area contributed by atoms with Crippen molar-refractivity contribution < 1.29 is 23.0 Å². The van der Waals surface area contributed by atoms with Gasteiger partial charge in [0.1, 0.15) is 5.75 Å². The Morgan fingerprint density at radius 2 is 1.95 bits per heavy atom. The van der Waals surface area contributed by atoms with Crippen LogP contribution >= 0.6 is 28.3 Å². The topological polar surface area (TPSA) is 44.7 Å². The highest BCUT2D eigenvalue weighted by Gasteiger charge is 2.34. The molecule has 0 radical (unpaired) electrons. The summed E-state index contributed by atoms with van der Waals surface area (Å²) < 4.78 is 42.3. The van der Waals surface area contributed by atoms with E-state index in [1.165, 1.54) is 12.1 Å². The number of hydrogen-bond acceptors (Lipinski definition) is 4. The van der Waals surface area contributed by atoms with Crippen LogP contribution in [0.2, 0.25) is 0 Å². The molecule has 1 fully saturated rings. The van der Waals surface area contributed by atoms with Gasteiger partial charge in [0.2, 0.25) is 0 Å². The van der Waals surface area contributed by atoms with Gasteiger partial charge in [-0.1, -0.05) is 15.9 Å². The lowest BCUT2D eigenvalue weighted by Crippen LogP contribution is -2.46. The normalized spacial score (nSPS) is 17.7. The maximum absolute atomic E-state index is 12.5. The van der Waals surface area contributed by atoms with Gasteiger partial charge >= 0.3 is 6.36 Å². The molecule has 2 rings (SSSR count). The van der Waals surface area contributed by atoms with Crippen molar-refractivity contribution in [1.29, 1.82) is 0 Å². The van der Waals surface area contributed by atoms with E-state index in [1.54, 1.807) is 6.07 Å². The molecule has 4 nitrogen and oxygen atoms in total. The average molecular weight is 406 g/mol. The predicted octanol–water partition coefficient (Wildman–Crippen LogP) is 2.71. The summed E-state index contributed by atoms with van der Waals surface area (Å²) in [6.07, 6.45) is -4.76. The number of ether oxygens (including phenoxy) is 1. The molecular formula is C13H17BrClF3N2O2. The molecule has 0 aromatic heterocycles. The Morgan fingerprint density at radius 3 is 2.50 bits per heavy atom. The summed E-state index contributed by atoms with van der Waals surface area (Å²) in [5.41, 5.74) is 0.325. The molecular weight excluding hydrogens is 389 g/mol. The minimum Gasteiger partial charge on any atom is -0.405 e. The second-order valence-electron chi connectivity index (χ2n) is 4.71. The van der Waals surface area contributed by atoms with Gasteiger partial charge in [0.15, 0.2) is 0 Å². The third kappa shape index (κ3) is 5.27. The molecule has 0 aliphatic carbocycles. The summed E-state index contributed by atoms with van der Waals surface area (Å²) in [6.45, 7) is 2.51. The molecule has 1 aromatic rings. The van der Waals surface area contributed by atoms with Gasteiger partial charge < -0.3 is 15.2 Å². The Balaban J connectivity index is 0.00000242. The number of piperazine rings is 1. The van der Waals surface area contributed by atoms with Crippen LogP contribution in [-0.2, 0) is 0 Å². The molecule has 1 aromatic carbocycles. The molecule has 126 valence electrons. The minimum absolute atomic E-state index is 0. The van der Waals surface area contributed by atoms with Crippen molar-refractivity contribution in [1.82, 2.24) is 10.2 Å². The van der Waals surface area contributed by atoms with Gasteiger partial charge in [0.25, 0.3) is 0 Å². The Kier molecular flexibility index (Phi) is 7.40. The standard InChI is InChI=1S/C13H16BrF3N2O2.ClH/c14-9-1-2-12(21-13(15,16)17)10(7-9)11(8-20)19-5-3-18-4-6-19;/h1-2,7,11,18,20H,3-6,8H2;1H/t11-;/m1./s1. The van der Waals surface area contributed by atoms with Crippen molar-refractivity contribution in [3.8, 4) is 5.75 Å². The van der Waals surface area contributed by atoms with Crippen LogP contribution in [0, 0.1) is 0 Å². The highest BCUT2D eigenvalue weighted by Crippen LogP contribution is 2.35. The van der Waals surface area contributed by atoms with E-state index in [1.807, 2.05) is 4.90 Å². The zero-order chi connectivity index (χ0) is 15.5. The molecule has 1 atom stereocenters. The summed E-state index contributed by atoms with van der Waals surface area (Å²) in [5.74, 6) is -0.275. The largest absolute Gasteiger partial charge is 0.573 e. The summed E-state index contributed by atoms with van der Waals surface area (Å²) in [6, 6.07) is 3.78. The Bertz CT molecular complexity index is 485. The van der Waals surface area contributed by atoms with Gasteiger partial charge in [-0.25, -0.2) is 0 Å². The van der Waals surface area contributed by atoms with E-state index in [4.69, 9.17) is 0 Å². The first-order chi connectivity index (χ1) is 9.90. The summed E-state index contributed by atoms with van der Waals surface area (Å²) in [4.78, 5) is 1.95. The van der Waals surface area contributed by atoms with Crippen molar-refractivity contribution in [2.24, 2.45) is 0 Å². The van der Waals surface area contributed by atoms with Gasteiger partial charge in [0, 0.05) is 36.2 Å². The molecule has 9 heteroatoms. The van der Waals surface area contributed by atoms with Crippen molar-refractivity contribution in [2.75, 3.05) is 32.8 Å². The first kappa shape index (κ1) is 19.5. The Labute approximate surface area is 141 Å². The lowest BCUT2D eigenvalue weighted by Gasteiger charge is -2.34. The van der Waals surface area contributed by atoms with E-state index in [-0.39, 0.29) is 24.8 Å². The van der Waals surface area contributed by atoms with Gasteiger partial charge in [-0.2, -0.15) is 0 Å². The third-order valence-corrected chi connectivity index (χ3v) is 3.82. The van der Waals surface area contributed by atoms with Crippen LogP contribution in [0.15, 0.2) is 22.7 Å². The molecule has 1 aliphatic heterocycles. The zero-order valence-electron chi connectivity index (χ0n) is 11.6. The second-order valence-corrected chi connectivity index (χ2v) is 5.63. The van der Waals surface area contributed by atoms with Gasteiger partial charge in [-0.05, 0) is 18.2 Å². The fraction of sp³-hybridized carbons (Fsp3) is 0.538. The van der Waals surface area contributed by atoms with Crippen LogP contribution in [0.4, 0.5) is 13.2 Å². The number of hydrogen-bond donors (Lipinski definition) is 2. The Hall–Kier alpha value is -0.540. The van der Waals surface area contributed by atoms with Crippen LogP contribution in [0.25, 0.3) is 0 Å². The first-order valence-corrected chi connectivity index (χ1v) is 7.31. The van der Waals surface area contributed by atoms with E-state index in [0.717, 1.165) is 13.1 Å². The summed E-state index contributed by atoms with van der Waals surface area (Å²) >= 11 is 3.25. The van der Waals surface area contributed by atoms with Crippen LogP contribution < -0.4 is 10.1 Å². The van der Waals surface area contributed by atoms with Crippen molar-refractivity contribution in [3.05, 3.63) is 28.2 Å². The SMILES string of the molecule is Cl.OC[C@H](c1cc(Br)ccc1OC(F)(F)F)N1CCNCC1. The molecule has 2 N–H and O–H groups in total. The Morgan fingerprint density at radius 1 is 1.32 bits per heavy atom. The molecule has 1 heterocycles. The molecule has 0 spiro atoms. The van der Waals surface area contributed by atoms with Crippen LogP contribution in [-0.4, -0.2) is 49.2 Å². The highest BCUT2D eigenvalue weighted by molar-refractivity contribution is 9.10. The smallest absolute Gasteiger partial charge is 0.405 e. The minimum atomic E-state index is -4.76. The number of rotatable bonds is 4. The zero-order valence-corrected chi connectivity index (χ0v) is 14.0. The molecule has 0 amide bonds. The number of benzene rings is 1. The fourth-order valence-electron chi connectivity index (χ4n) is 2.40. The number of halogens is 5. The highest BCUT2D eigenvalue weighted by atomic mass is 79.9. The lowest BCUT2D eigenvalue weighted by molar-refractivity contribution is -0.275. The molecule has 1 aliphatic rings. The average Bonchev–Trinajstić information content (AvgIpc) is 2.42. The maximum Gasteiger partial charge on any atom is 0.573 e. The monoisotopic (exact) mass is 404 g/mol. The van der Waals surface area contributed by atoms with Crippen molar-refractivity contribution >= 4 is 28.3 Å². The van der Waals surface area contributed by atoms with Crippen LogP contribution in [0.3, 0.4) is 0 Å². The number of nitrogens with one attached hydrogen (secondary N) is 1. The number of aliphatic hydroxyl groups is 1. The van der Waals surface area contributed by atoms with Crippen LogP contribution in [0.1, 0.15) is 11.6 Å². The number of nitrogens with zero attached hydrogens (tertiary/aromatic N) is 1. The summed E-state index contributed by atoms with van der Waals surface area (Å²) in [5, 5.41) is 12.8. The maximum atomic E-state index is 12.5. The third-order valence-electron chi connectivity index (χ3n) is 3.32. The van der Waals surface area contributed by atoms with Gasteiger partial charge in [0.05, 0.1) is 12.6 Å². The van der Waals surface area contributed by atoms with Crippen LogP contribution in [0.5, 0.6) is 5.75 Å². The van der Waals surface area contributed by atoms with E-state index in [9.17, 15) is 18.3 Å². The number of aliphatic hydroxyl groups excluding tert-OH is 1. The molecule has 0 unspecified atom stereocenters. The summed E-state index contributed by atoms with van der Waals surface area (Å²) in [7, 11) is 0. The van der Waals surface area contributed by atoms with E-state index >= 15 is 0 Å². The van der Waals surface area contributed by atoms with Crippen molar-refractivity contribution in [2.45, 2.75) is 12.4 Å².